The number of carbonyl (C=O) groups excluding carboxylic acids is 1. The Morgan fingerprint density at radius 1 is 1.33 bits per heavy atom. The molecule has 0 heterocycles. The Bertz CT molecular complexity index is 369. The van der Waals surface area contributed by atoms with Crippen molar-refractivity contribution in [1.29, 1.82) is 0 Å². The molecule has 1 amide bonds. The van der Waals surface area contributed by atoms with Crippen molar-refractivity contribution < 1.29 is 9.53 Å². The van der Waals surface area contributed by atoms with Crippen LogP contribution in [0.3, 0.4) is 0 Å². The lowest BCUT2D eigenvalue weighted by atomic mass is 10.3. The third kappa shape index (κ3) is 6.10. The molecule has 5 nitrogen and oxygen atoms in total. The standard InChI is InChI=1S/C13H21N3O2/c14-7-3-8-16-11-4-1-5-12(10-11)18-9-2-6-13(15)17/h1,4-5,10,16H,2-3,6-9,14H2,(H2,15,17). The first-order valence-electron chi connectivity index (χ1n) is 6.17. The van der Waals surface area contributed by atoms with Gasteiger partial charge in [-0.3, -0.25) is 4.79 Å². The molecule has 0 aliphatic heterocycles. The van der Waals surface area contributed by atoms with Gasteiger partial charge in [0, 0.05) is 24.7 Å². The van der Waals surface area contributed by atoms with Crippen molar-refractivity contribution in [2.24, 2.45) is 11.5 Å². The van der Waals surface area contributed by atoms with Crippen molar-refractivity contribution >= 4 is 11.6 Å². The molecule has 1 aromatic carbocycles. The Balaban J connectivity index is 2.32. The molecule has 5 N–H and O–H groups in total. The zero-order valence-electron chi connectivity index (χ0n) is 10.5. The predicted molar refractivity (Wildman–Crippen MR) is 72.5 cm³/mol. The second-order valence-corrected chi connectivity index (χ2v) is 4.02. The average molecular weight is 251 g/mol. The largest absolute Gasteiger partial charge is 0.494 e. The van der Waals surface area contributed by atoms with E-state index in [1.165, 1.54) is 0 Å². The molecular weight excluding hydrogens is 230 g/mol. The molecule has 0 fully saturated rings. The summed E-state index contributed by atoms with van der Waals surface area (Å²) in [5.41, 5.74) is 11.5. The summed E-state index contributed by atoms with van der Waals surface area (Å²) in [5.74, 6) is 0.494. The minimum atomic E-state index is -0.296. The van der Waals surface area contributed by atoms with E-state index in [4.69, 9.17) is 16.2 Å². The minimum Gasteiger partial charge on any atom is -0.494 e. The van der Waals surface area contributed by atoms with Crippen LogP contribution in [-0.2, 0) is 4.79 Å². The van der Waals surface area contributed by atoms with Crippen LogP contribution in [0.5, 0.6) is 5.75 Å². The van der Waals surface area contributed by atoms with Crippen molar-refractivity contribution in [3.63, 3.8) is 0 Å². The molecule has 1 rings (SSSR count). The Labute approximate surface area is 107 Å². The third-order valence-corrected chi connectivity index (χ3v) is 2.38. The van der Waals surface area contributed by atoms with Crippen LogP contribution >= 0.6 is 0 Å². The predicted octanol–water partition coefficient (Wildman–Crippen LogP) is 1.09. The highest BCUT2D eigenvalue weighted by molar-refractivity contribution is 5.73. The SMILES string of the molecule is NCCCNc1cccc(OCCCC(N)=O)c1. The number of anilines is 1. The van der Waals surface area contributed by atoms with E-state index < -0.39 is 0 Å². The smallest absolute Gasteiger partial charge is 0.217 e. The number of nitrogens with one attached hydrogen (secondary N) is 1. The average Bonchev–Trinajstić information content (AvgIpc) is 2.35. The van der Waals surface area contributed by atoms with Gasteiger partial charge in [0.05, 0.1) is 6.61 Å². The molecule has 0 aliphatic carbocycles. The number of ether oxygens (including phenoxy) is 1. The summed E-state index contributed by atoms with van der Waals surface area (Å²) in [6, 6.07) is 7.72. The van der Waals surface area contributed by atoms with Crippen LogP contribution in [0.25, 0.3) is 0 Å². The lowest BCUT2D eigenvalue weighted by Crippen LogP contribution is -2.12. The van der Waals surface area contributed by atoms with E-state index >= 15 is 0 Å². The summed E-state index contributed by atoms with van der Waals surface area (Å²) < 4.78 is 5.53. The number of nitrogens with two attached hydrogens (primary N) is 2. The van der Waals surface area contributed by atoms with E-state index in [9.17, 15) is 4.79 Å². The molecule has 0 saturated carbocycles. The number of hydrogen-bond donors (Lipinski definition) is 3. The highest BCUT2D eigenvalue weighted by atomic mass is 16.5. The highest BCUT2D eigenvalue weighted by Gasteiger charge is 1.98. The topological polar surface area (TPSA) is 90.4 Å². The van der Waals surface area contributed by atoms with Crippen LogP contribution < -0.4 is 21.5 Å². The maximum absolute atomic E-state index is 10.6. The van der Waals surface area contributed by atoms with E-state index in [1.54, 1.807) is 0 Å². The molecule has 0 unspecified atom stereocenters. The first kappa shape index (κ1) is 14.3. The molecule has 1 aromatic rings. The normalized spacial score (nSPS) is 10.1. The van der Waals surface area contributed by atoms with Gasteiger partial charge >= 0.3 is 0 Å². The highest BCUT2D eigenvalue weighted by Crippen LogP contribution is 2.17. The van der Waals surface area contributed by atoms with Gasteiger partial charge in [-0.1, -0.05) is 6.07 Å². The number of primary amides is 1. The van der Waals surface area contributed by atoms with Crippen molar-refractivity contribution in [3.8, 4) is 5.75 Å². The van der Waals surface area contributed by atoms with E-state index in [0.717, 1.165) is 24.4 Å². The molecule has 0 aliphatic rings. The van der Waals surface area contributed by atoms with Gasteiger partial charge in [0.25, 0.3) is 0 Å². The van der Waals surface area contributed by atoms with E-state index in [2.05, 4.69) is 5.32 Å². The van der Waals surface area contributed by atoms with E-state index in [0.29, 0.717) is 26.0 Å². The van der Waals surface area contributed by atoms with Crippen LogP contribution in [0.2, 0.25) is 0 Å². The summed E-state index contributed by atoms with van der Waals surface area (Å²) in [6.45, 7) is 2.02. The van der Waals surface area contributed by atoms with E-state index in [-0.39, 0.29) is 5.91 Å². The first-order chi connectivity index (χ1) is 8.72. The Morgan fingerprint density at radius 3 is 2.89 bits per heavy atom. The zero-order chi connectivity index (χ0) is 13.2. The van der Waals surface area contributed by atoms with Crippen molar-refractivity contribution in [1.82, 2.24) is 0 Å². The monoisotopic (exact) mass is 251 g/mol. The van der Waals surface area contributed by atoms with Gasteiger partial charge in [-0.2, -0.15) is 0 Å². The second-order valence-electron chi connectivity index (χ2n) is 4.02. The van der Waals surface area contributed by atoms with Crippen molar-refractivity contribution in [2.45, 2.75) is 19.3 Å². The van der Waals surface area contributed by atoms with Gasteiger partial charge in [-0.25, -0.2) is 0 Å². The van der Waals surface area contributed by atoms with Gasteiger partial charge in [0.1, 0.15) is 5.75 Å². The lowest BCUT2D eigenvalue weighted by molar-refractivity contribution is -0.118. The number of hydrogen-bond acceptors (Lipinski definition) is 4. The molecule has 0 saturated heterocycles. The molecule has 100 valence electrons. The molecular formula is C13H21N3O2. The van der Waals surface area contributed by atoms with Crippen LogP contribution in [0, 0.1) is 0 Å². The van der Waals surface area contributed by atoms with Crippen LogP contribution in [-0.4, -0.2) is 25.6 Å². The number of amides is 1. The van der Waals surface area contributed by atoms with Crippen LogP contribution in [0.4, 0.5) is 5.69 Å². The molecule has 0 atom stereocenters. The van der Waals surface area contributed by atoms with Gasteiger partial charge < -0.3 is 21.5 Å². The molecule has 0 aromatic heterocycles. The van der Waals surface area contributed by atoms with Crippen molar-refractivity contribution in [3.05, 3.63) is 24.3 Å². The van der Waals surface area contributed by atoms with Gasteiger partial charge in [-0.15, -0.1) is 0 Å². The van der Waals surface area contributed by atoms with Gasteiger partial charge in [0.2, 0.25) is 5.91 Å². The number of benzene rings is 1. The summed E-state index contributed by atoms with van der Waals surface area (Å²) in [6.07, 6.45) is 1.93. The molecule has 0 spiro atoms. The Kier molecular flexibility index (Phi) is 6.64. The van der Waals surface area contributed by atoms with E-state index in [1.807, 2.05) is 24.3 Å². The fourth-order valence-corrected chi connectivity index (χ4v) is 1.47. The quantitative estimate of drug-likeness (QED) is 0.573. The molecule has 5 heteroatoms. The minimum absolute atomic E-state index is 0.296. The summed E-state index contributed by atoms with van der Waals surface area (Å²) in [5, 5.41) is 3.26. The lowest BCUT2D eigenvalue weighted by Gasteiger charge is -2.09. The van der Waals surface area contributed by atoms with Gasteiger partial charge in [0.15, 0.2) is 0 Å². The maximum atomic E-state index is 10.6. The molecule has 18 heavy (non-hydrogen) atoms. The Morgan fingerprint density at radius 2 is 2.17 bits per heavy atom. The van der Waals surface area contributed by atoms with Crippen LogP contribution in [0.1, 0.15) is 19.3 Å². The summed E-state index contributed by atoms with van der Waals surface area (Å²) in [7, 11) is 0. The van der Waals surface area contributed by atoms with Crippen molar-refractivity contribution in [2.75, 3.05) is 25.0 Å². The maximum Gasteiger partial charge on any atom is 0.217 e. The fraction of sp³-hybridized carbons (Fsp3) is 0.462. The fourth-order valence-electron chi connectivity index (χ4n) is 1.47. The summed E-state index contributed by atoms with van der Waals surface area (Å²) in [4.78, 5) is 10.6. The van der Waals surface area contributed by atoms with Gasteiger partial charge in [-0.05, 0) is 31.5 Å². The second kappa shape index (κ2) is 8.36. The number of carbonyl (C=O) groups is 1. The van der Waals surface area contributed by atoms with Crippen LogP contribution in [0.15, 0.2) is 24.3 Å². The zero-order valence-corrected chi connectivity index (χ0v) is 10.5. The Hall–Kier alpha value is -1.75. The molecule has 0 radical (unpaired) electrons. The number of rotatable bonds is 9. The summed E-state index contributed by atoms with van der Waals surface area (Å²) >= 11 is 0. The first-order valence-corrected chi connectivity index (χ1v) is 6.17. The third-order valence-electron chi connectivity index (χ3n) is 2.38. The molecule has 0 bridgehead atoms.